The first-order valence-electron chi connectivity index (χ1n) is 5.30. The summed E-state index contributed by atoms with van der Waals surface area (Å²) in [6.07, 6.45) is 2.68. The van der Waals surface area contributed by atoms with Crippen molar-refractivity contribution in [2.45, 2.75) is 20.3 Å². The Hall–Kier alpha value is -0.940. The highest BCUT2D eigenvalue weighted by Crippen LogP contribution is 2.23. The number of halogens is 1. The molecule has 5 heteroatoms. The molecule has 90 valence electrons. The Bertz CT molecular complexity index is 513. The summed E-state index contributed by atoms with van der Waals surface area (Å²) >= 11 is 5.11. The predicted molar refractivity (Wildman–Crippen MR) is 72.7 cm³/mol. The minimum atomic E-state index is 0.623. The van der Waals surface area contributed by atoms with E-state index in [1.807, 2.05) is 25.4 Å². The van der Waals surface area contributed by atoms with Crippen LogP contribution in [0.5, 0.6) is 5.88 Å². The van der Waals surface area contributed by atoms with Crippen LogP contribution in [0.15, 0.2) is 22.2 Å². The van der Waals surface area contributed by atoms with E-state index in [4.69, 9.17) is 4.74 Å². The smallest absolute Gasteiger partial charge is 0.227 e. The van der Waals surface area contributed by atoms with E-state index < -0.39 is 0 Å². The molecule has 0 spiro atoms. The molecule has 0 aliphatic carbocycles. The van der Waals surface area contributed by atoms with Crippen LogP contribution in [0, 0.1) is 13.8 Å². The summed E-state index contributed by atoms with van der Waals surface area (Å²) in [5.74, 6) is 0.651. The molecule has 0 bridgehead atoms. The quantitative estimate of drug-likeness (QED) is 0.866. The van der Waals surface area contributed by atoms with Crippen molar-refractivity contribution in [1.29, 1.82) is 0 Å². The Labute approximate surface area is 113 Å². The van der Waals surface area contributed by atoms with Crippen LogP contribution in [0.1, 0.15) is 16.1 Å². The molecular formula is C12H13BrN2OS. The average molecular weight is 313 g/mol. The molecule has 0 aromatic carbocycles. The van der Waals surface area contributed by atoms with Gasteiger partial charge in [0.1, 0.15) is 0 Å². The van der Waals surface area contributed by atoms with Crippen LogP contribution in [0.4, 0.5) is 0 Å². The van der Waals surface area contributed by atoms with Gasteiger partial charge in [0.2, 0.25) is 5.88 Å². The van der Waals surface area contributed by atoms with Gasteiger partial charge in [0.05, 0.1) is 22.3 Å². The lowest BCUT2D eigenvalue weighted by atomic mass is 10.3. The monoisotopic (exact) mass is 312 g/mol. The predicted octanol–water partition coefficient (Wildman–Crippen LogP) is 3.54. The van der Waals surface area contributed by atoms with E-state index in [0.717, 1.165) is 22.2 Å². The van der Waals surface area contributed by atoms with E-state index in [1.165, 1.54) is 4.88 Å². The van der Waals surface area contributed by atoms with Gasteiger partial charge in [-0.25, -0.2) is 9.97 Å². The fraction of sp³-hybridized carbons (Fsp3) is 0.333. The summed E-state index contributed by atoms with van der Waals surface area (Å²) in [4.78, 5) is 9.72. The van der Waals surface area contributed by atoms with Gasteiger partial charge in [0.15, 0.2) is 0 Å². The van der Waals surface area contributed by atoms with E-state index in [2.05, 4.69) is 25.9 Å². The Morgan fingerprint density at radius 2 is 2.18 bits per heavy atom. The van der Waals surface area contributed by atoms with Gasteiger partial charge >= 0.3 is 0 Å². The van der Waals surface area contributed by atoms with Gasteiger partial charge in [0.25, 0.3) is 0 Å². The zero-order chi connectivity index (χ0) is 12.3. The molecule has 0 amide bonds. The summed E-state index contributed by atoms with van der Waals surface area (Å²) in [5.41, 5.74) is 4.07. The van der Waals surface area contributed by atoms with Gasteiger partial charge in [-0.2, -0.15) is 0 Å². The van der Waals surface area contributed by atoms with Crippen LogP contribution in [0.2, 0.25) is 0 Å². The fourth-order valence-corrected chi connectivity index (χ4v) is 2.77. The number of thiazole rings is 1. The van der Waals surface area contributed by atoms with Crippen LogP contribution in [-0.4, -0.2) is 16.6 Å². The van der Waals surface area contributed by atoms with Gasteiger partial charge < -0.3 is 4.74 Å². The normalized spacial score (nSPS) is 10.5. The molecule has 0 N–H and O–H groups in total. The van der Waals surface area contributed by atoms with Crippen LogP contribution in [0.25, 0.3) is 0 Å². The van der Waals surface area contributed by atoms with E-state index in [1.54, 1.807) is 17.5 Å². The molecule has 0 unspecified atom stereocenters. The minimum Gasteiger partial charge on any atom is -0.476 e. The SMILES string of the molecule is Cc1cnc(OCCc2scnc2C)c(Br)c1. The summed E-state index contributed by atoms with van der Waals surface area (Å²) in [7, 11) is 0. The largest absolute Gasteiger partial charge is 0.476 e. The number of pyridine rings is 1. The first-order chi connectivity index (χ1) is 8.16. The number of rotatable bonds is 4. The summed E-state index contributed by atoms with van der Waals surface area (Å²) < 4.78 is 6.54. The van der Waals surface area contributed by atoms with Crippen molar-refractivity contribution >= 4 is 27.3 Å². The highest BCUT2D eigenvalue weighted by molar-refractivity contribution is 9.10. The third kappa shape index (κ3) is 3.26. The molecular weight excluding hydrogens is 300 g/mol. The van der Waals surface area contributed by atoms with E-state index >= 15 is 0 Å². The molecule has 0 saturated carbocycles. The number of hydrogen-bond acceptors (Lipinski definition) is 4. The first kappa shape index (κ1) is 12.5. The third-order valence-corrected chi connectivity index (χ3v) is 3.92. The van der Waals surface area contributed by atoms with Gasteiger partial charge in [-0.1, -0.05) is 0 Å². The van der Waals surface area contributed by atoms with Crippen LogP contribution < -0.4 is 4.74 Å². The molecule has 0 saturated heterocycles. The Kier molecular flexibility index (Phi) is 4.12. The Morgan fingerprint density at radius 1 is 1.35 bits per heavy atom. The van der Waals surface area contributed by atoms with Gasteiger partial charge in [-0.05, 0) is 41.4 Å². The molecule has 0 fully saturated rings. The second kappa shape index (κ2) is 5.60. The van der Waals surface area contributed by atoms with Crippen molar-refractivity contribution in [2.75, 3.05) is 6.61 Å². The molecule has 2 rings (SSSR count). The number of aryl methyl sites for hydroxylation is 2. The number of hydrogen-bond donors (Lipinski definition) is 0. The van der Waals surface area contributed by atoms with E-state index in [9.17, 15) is 0 Å². The molecule has 2 aromatic heterocycles. The maximum absolute atomic E-state index is 5.64. The van der Waals surface area contributed by atoms with Crippen molar-refractivity contribution in [3.05, 3.63) is 38.4 Å². The molecule has 0 aliphatic heterocycles. The zero-order valence-electron chi connectivity index (χ0n) is 9.74. The van der Waals surface area contributed by atoms with E-state index in [-0.39, 0.29) is 0 Å². The van der Waals surface area contributed by atoms with E-state index in [0.29, 0.717) is 12.5 Å². The summed E-state index contributed by atoms with van der Waals surface area (Å²) in [6.45, 7) is 4.64. The van der Waals surface area contributed by atoms with Crippen molar-refractivity contribution in [3.63, 3.8) is 0 Å². The summed E-state index contributed by atoms with van der Waals surface area (Å²) in [5, 5.41) is 0. The van der Waals surface area contributed by atoms with Gasteiger partial charge in [0, 0.05) is 17.5 Å². The van der Waals surface area contributed by atoms with Crippen molar-refractivity contribution < 1.29 is 4.74 Å². The Morgan fingerprint density at radius 3 is 2.82 bits per heavy atom. The molecule has 0 aliphatic rings. The highest BCUT2D eigenvalue weighted by Gasteiger charge is 2.05. The first-order valence-corrected chi connectivity index (χ1v) is 6.98. The van der Waals surface area contributed by atoms with Crippen LogP contribution in [-0.2, 0) is 6.42 Å². The lowest BCUT2D eigenvalue weighted by Crippen LogP contribution is -2.03. The number of aromatic nitrogens is 2. The van der Waals surface area contributed by atoms with Crippen LogP contribution >= 0.6 is 27.3 Å². The molecule has 17 heavy (non-hydrogen) atoms. The van der Waals surface area contributed by atoms with Gasteiger partial charge in [-0.15, -0.1) is 11.3 Å². The molecule has 0 atom stereocenters. The second-order valence-corrected chi connectivity index (χ2v) is 5.55. The summed E-state index contributed by atoms with van der Waals surface area (Å²) in [6, 6.07) is 2.00. The number of nitrogens with zero attached hydrogens (tertiary/aromatic N) is 2. The van der Waals surface area contributed by atoms with Crippen molar-refractivity contribution in [1.82, 2.24) is 9.97 Å². The molecule has 0 radical (unpaired) electrons. The maximum atomic E-state index is 5.64. The second-order valence-electron chi connectivity index (χ2n) is 3.76. The molecule has 3 nitrogen and oxygen atoms in total. The lowest BCUT2D eigenvalue weighted by molar-refractivity contribution is 0.308. The molecule has 2 heterocycles. The van der Waals surface area contributed by atoms with Crippen molar-refractivity contribution in [3.8, 4) is 5.88 Å². The minimum absolute atomic E-state index is 0.623. The topological polar surface area (TPSA) is 35.0 Å². The average Bonchev–Trinajstić information content (AvgIpc) is 2.68. The zero-order valence-corrected chi connectivity index (χ0v) is 12.1. The Balaban J connectivity index is 1.92. The van der Waals surface area contributed by atoms with Crippen LogP contribution in [0.3, 0.4) is 0 Å². The third-order valence-electron chi connectivity index (χ3n) is 2.36. The highest BCUT2D eigenvalue weighted by atomic mass is 79.9. The molecule has 2 aromatic rings. The maximum Gasteiger partial charge on any atom is 0.227 e. The van der Waals surface area contributed by atoms with Crippen molar-refractivity contribution in [2.24, 2.45) is 0 Å². The van der Waals surface area contributed by atoms with Gasteiger partial charge in [-0.3, -0.25) is 0 Å². The fourth-order valence-electron chi connectivity index (χ4n) is 1.43. The lowest BCUT2D eigenvalue weighted by Gasteiger charge is -2.06. The number of ether oxygens (including phenoxy) is 1. The standard InChI is InChI=1S/C12H13BrN2OS/c1-8-5-10(13)12(14-6-8)16-4-3-11-9(2)15-7-17-11/h5-7H,3-4H2,1-2H3.